The molecule has 0 heterocycles. The summed E-state index contributed by atoms with van der Waals surface area (Å²) < 4.78 is 0. The first kappa shape index (κ1) is 11.1. The molecule has 0 aromatic rings. The van der Waals surface area contributed by atoms with E-state index in [9.17, 15) is 4.79 Å². The van der Waals surface area contributed by atoms with Crippen molar-refractivity contribution in [2.24, 2.45) is 0 Å². The summed E-state index contributed by atoms with van der Waals surface area (Å²) in [6.07, 6.45) is 0. The molecule has 6 heteroatoms. The van der Waals surface area contributed by atoms with Gasteiger partial charge in [-0.25, -0.2) is 0 Å². The van der Waals surface area contributed by atoms with Crippen LogP contribution >= 0.6 is 33.2 Å². The summed E-state index contributed by atoms with van der Waals surface area (Å²) in [7, 11) is 0. The van der Waals surface area contributed by atoms with E-state index in [4.69, 9.17) is 33.2 Å². The van der Waals surface area contributed by atoms with Gasteiger partial charge in [0.15, 0.2) is 5.91 Å². The average Bonchev–Trinajstić information content (AvgIpc) is 1.35. The molecule has 0 unspecified atom stereocenters. The Morgan fingerprint density at radius 3 is 1.43 bits per heavy atom. The van der Waals surface area contributed by atoms with Gasteiger partial charge in [0.2, 0.25) is 0 Å². The zero-order valence-electron chi connectivity index (χ0n) is 2.95. The van der Waals surface area contributed by atoms with Crippen molar-refractivity contribution in [2.45, 2.75) is 0 Å². The molecule has 0 aliphatic heterocycles. The maximum absolute atomic E-state index is 9.49. The molecule has 0 saturated carbocycles. The maximum atomic E-state index is 9.49. The molecule has 0 spiro atoms. The minimum absolute atomic E-state index is 0. The number of rotatable bonds is 1. The Hall–Kier alpha value is 1.26. The SMILES string of the molecule is O=C[Si](Cl)(Cl)Cl.[Co]. The molecule has 0 atom stereocenters. The zero-order chi connectivity index (χ0) is 5.21. The second-order valence-corrected chi connectivity index (χ2v) is 9.09. The van der Waals surface area contributed by atoms with Gasteiger partial charge in [-0.2, -0.15) is 0 Å². The van der Waals surface area contributed by atoms with E-state index >= 15 is 0 Å². The molecule has 7 heavy (non-hydrogen) atoms. The molecule has 0 saturated heterocycles. The summed E-state index contributed by atoms with van der Waals surface area (Å²) in [6, 6.07) is -2.90. The van der Waals surface area contributed by atoms with Gasteiger partial charge in [0.25, 0.3) is 0 Å². The van der Waals surface area contributed by atoms with Crippen LogP contribution in [0.15, 0.2) is 0 Å². The van der Waals surface area contributed by atoms with Crippen molar-refractivity contribution in [1.82, 2.24) is 0 Å². The fraction of sp³-hybridized carbons (Fsp3) is 0. The monoisotopic (exact) mass is 221 g/mol. The van der Waals surface area contributed by atoms with Crippen LogP contribution in [-0.2, 0) is 21.6 Å². The first-order valence-electron chi connectivity index (χ1n) is 1.09. The summed E-state index contributed by atoms with van der Waals surface area (Å²) in [5.74, 6) is 0.373. The molecule has 0 fully saturated rings. The molecule has 0 aromatic heterocycles. The molecule has 0 aromatic carbocycles. The summed E-state index contributed by atoms with van der Waals surface area (Å²) in [4.78, 5) is 9.49. The molecule has 0 aliphatic rings. The van der Waals surface area contributed by atoms with Gasteiger partial charge < -0.3 is 4.79 Å². The van der Waals surface area contributed by atoms with Crippen molar-refractivity contribution in [1.29, 1.82) is 0 Å². The van der Waals surface area contributed by atoms with Gasteiger partial charge in [-0.05, 0) is 0 Å². The minimum Gasteiger partial charge on any atom is -0.304 e. The van der Waals surface area contributed by atoms with Gasteiger partial charge in [-0.3, -0.25) is 0 Å². The molecule has 0 rings (SSSR count). The molecular formula is CHCl3CoOSi. The fourth-order valence-corrected chi connectivity index (χ4v) is 0. The minimum atomic E-state index is -2.90. The standard InChI is InChI=1S/CHCl3OSi.Co/c2-6(3,4)1-5;/h1H;. The Kier molecular flexibility index (Phi) is 6.62. The van der Waals surface area contributed by atoms with Gasteiger partial charge in [-0.1, -0.05) is 0 Å². The molecule has 0 bridgehead atoms. The molecule has 0 N–H and O–H groups in total. The van der Waals surface area contributed by atoms with Crippen molar-refractivity contribution < 1.29 is 21.6 Å². The molecule has 45 valence electrons. The Balaban J connectivity index is 0. The Morgan fingerprint density at radius 1 is 1.29 bits per heavy atom. The molecule has 0 aliphatic carbocycles. The molecule has 1 radical (unpaired) electrons. The van der Waals surface area contributed by atoms with Crippen LogP contribution in [0.3, 0.4) is 0 Å². The van der Waals surface area contributed by atoms with Gasteiger partial charge in [0.1, 0.15) is 0 Å². The van der Waals surface area contributed by atoms with Crippen molar-refractivity contribution >= 4 is 45.1 Å². The van der Waals surface area contributed by atoms with Gasteiger partial charge in [0, 0.05) is 16.8 Å². The predicted octanol–water partition coefficient (Wildman–Crippen LogP) is 1.41. The first-order valence-corrected chi connectivity index (χ1v) is 6.20. The van der Waals surface area contributed by atoms with E-state index in [0.717, 1.165) is 0 Å². The van der Waals surface area contributed by atoms with Crippen LogP contribution in [0.2, 0.25) is 0 Å². The Bertz CT molecular complexity index is 60.4. The average molecular weight is 222 g/mol. The predicted molar refractivity (Wildman–Crippen MR) is 30.1 cm³/mol. The number of halogens is 3. The van der Waals surface area contributed by atoms with Gasteiger partial charge in [0.05, 0.1) is 0 Å². The smallest absolute Gasteiger partial charge is 0.304 e. The van der Waals surface area contributed by atoms with Crippen LogP contribution in [0, 0.1) is 0 Å². The van der Waals surface area contributed by atoms with Crippen LogP contribution in [0.1, 0.15) is 0 Å². The second kappa shape index (κ2) is 4.17. The summed E-state index contributed by atoms with van der Waals surface area (Å²) in [5.41, 5.74) is 0. The number of carbonyl (C=O) groups excluding carboxylic acids is 1. The maximum Gasteiger partial charge on any atom is 0.406 e. The van der Waals surface area contributed by atoms with Crippen LogP contribution in [-0.4, -0.2) is 11.9 Å². The Morgan fingerprint density at radius 2 is 1.43 bits per heavy atom. The van der Waals surface area contributed by atoms with E-state index in [2.05, 4.69) is 0 Å². The first-order chi connectivity index (χ1) is 2.56. The van der Waals surface area contributed by atoms with Crippen molar-refractivity contribution in [2.75, 3.05) is 0 Å². The Labute approximate surface area is 66.6 Å². The fourth-order valence-electron chi connectivity index (χ4n) is 0. The topological polar surface area (TPSA) is 17.1 Å². The van der Waals surface area contributed by atoms with E-state index in [-0.39, 0.29) is 16.8 Å². The quantitative estimate of drug-likeness (QED) is 0.372. The summed E-state index contributed by atoms with van der Waals surface area (Å²) >= 11 is 15.1. The van der Waals surface area contributed by atoms with Crippen LogP contribution < -0.4 is 0 Å². The van der Waals surface area contributed by atoms with E-state index in [1.54, 1.807) is 0 Å². The van der Waals surface area contributed by atoms with E-state index in [1.807, 2.05) is 0 Å². The van der Waals surface area contributed by atoms with Crippen LogP contribution in [0.5, 0.6) is 0 Å². The van der Waals surface area contributed by atoms with Gasteiger partial charge >= 0.3 is 6.00 Å². The second-order valence-electron chi connectivity index (χ2n) is 0.659. The van der Waals surface area contributed by atoms with Crippen LogP contribution in [0.4, 0.5) is 0 Å². The summed E-state index contributed by atoms with van der Waals surface area (Å²) in [5, 5.41) is 0. The number of carbonyl (C=O) groups is 1. The molecule has 0 amide bonds. The normalized spacial score (nSPS) is 9.57. The number of hydrogen-bond acceptors (Lipinski definition) is 1. The largest absolute Gasteiger partial charge is 0.406 e. The van der Waals surface area contributed by atoms with Crippen molar-refractivity contribution in [3.05, 3.63) is 0 Å². The van der Waals surface area contributed by atoms with Crippen LogP contribution in [0.25, 0.3) is 0 Å². The third kappa shape index (κ3) is 11.1. The van der Waals surface area contributed by atoms with Gasteiger partial charge in [-0.15, -0.1) is 33.2 Å². The van der Waals surface area contributed by atoms with E-state index < -0.39 is 6.00 Å². The zero-order valence-corrected chi connectivity index (χ0v) is 7.26. The summed E-state index contributed by atoms with van der Waals surface area (Å²) in [6.45, 7) is 0. The third-order valence-corrected chi connectivity index (χ3v) is 1.20. The van der Waals surface area contributed by atoms with E-state index in [1.165, 1.54) is 0 Å². The number of hydrogen-bond donors (Lipinski definition) is 0. The molecular weight excluding hydrogens is 221 g/mol. The van der Waals surface area contributed by atoms with Crippen molar-refractivity contribution in [3.63, 3.8) is 0 Å². The molecule has 1 nitrogen and oxygen atoms in total. The van der Waals surface area contributed by atoms with E-state index in [0.29, 0.717) is 5.91 Å². The van der Waals surface area contributed by atoms with Crippen molar-refractivity contribution in [3.8, 4) is 0 Å². The third-order valence-electron chi connectivity index (χ3n) is 0.134.